The molecule has 1 aromatic carbocycles. The normalized spacial score (nSPS) is 10.9. The van der Waals surface area contributed by atoms with Crippen LogP contribution < -0.4 is 0 Å². The van der Waals surface area contributed by atoms with Gasteiger partial charge < -0.3 is 4.98 Å². The quantitative estimate of drug-likeness (QED) is 0.617. The summed E-state index contributed by atoms with van der Waals surface area (Å²) in [6, 6.07) is 12.2. The van der Waals surface area contributed by atoms with E-state index in [1.54, 1.807) is 0 Å². The van der Waals surface area contributed by atoms with E-state index in [4.69, 9.17) is 0 Å². The lowest BCUT2D eigenvalue weighted by Gasteiger charge is -1.92. The SMILES string of the molecule is c1ccc(-c2cc3[nH]ccn3n2)cc1. The Morgan fingerprint density at radius 2 is 2.00 bits per heavy atom. The van der Waals surface area contributed by atoms with Gasteiger partial charge in [-0.25, -0.2) is 4.52 Å². The lowest BCUT2D eigenvalue weighted by atomic mass is 10.2. The second-order valence-corrected chi connectivity index (χ2v) is 3.19. The van der Waals surface area contributed by atoms with Gasteiger partial charge in [-0.1, -0.05) is 30.3 Å². The topological polar surface area (TPSA) is 33.1 Å². The van der Waals surface area contributed by atoms with Gasteiger partial charge >= 0.3 is 0 Å². The zero-order valence-electron chi connectivity index (χ0n) is 7.51. The molecule has 3 rings (SSSR count). The number of fused-ring (bicyclic) bond motifs is 1. The molecule has 14 heavy (non-hydrogen) atoms. The number of imidazole rings is 1. The molecule has 3 heteroatoms. The van der Waals surface area contributed by atoms with E-state index in [-0.39, 0.29) is 0 Å². The summed E-state index contributed by atoms with van der Waals surface area (Å²) in [6.07, 6.45) is 3.78. The number of aromatic nitrogens is 3. The monoisotopic (exact) mass is 183 g/mol. The first-order valence-corrected chi connectivity index (χ1v) is 4.52. The lowest BCUT2D eigenvalue weighted by molar-refractivity contribution is 0.978. The van der Waals surface area contributed by atoms with Crippen LogP contribution in [0, 0.1) is 0 Å². The third-order valence-corrected chi connectivity index (χ3v) is 2.25. The molecule has 0 saturated heterocycles. The molecule has 3 aromatic rings. The lowest BCUT2D eigenvalue weighted by Crippen LogP contribution is -1.81. The third kappa shape index (κ3) is 1.03. The number of benzene rings is 1. The van der Waals surface area contributed by atoms with Crippen molar-refractivity contribution in [2.75, 3.05) is 0 Å². The van der Waals surface area contributed by atoms with Gasteiger partial charge in [-0.15, -0.1) is 0 Å². The van der Waals surface area contributed by atoms with Gasteiger partial charge in [-0.3, -0.25) is 0 Å². The second-order valence-electron chi connectivity index (χ2n) is 3.19. The maximum Gasteiger partial charge on any atom is 0.133 e. The summed E-state index contributed by atoms with van der Waals surface area (Å²) in [6.45, 7) is 0. The van der Waals surface area contributed by atoms with Gasteiger partial charge in [0.2, 0.25) is 0 Å². The van der Waals surface area contributed by atoms with Crippen molar-refractivity contribution in [2.45, 2.75) is 0 Å². The summed E-state index contributed by atoms with van der Waals surface area (Å²) in [5.74, 6) is 0. The van der Waals surface area contributed by atoms with Crippen molar-refractivity contribution in [1.82, 2.24) is 14.6 Å². The van der Waals surface area contributed by atoms with E-state index < -0.39 is 0 Å². The molecule has 0 aliphatic carbocycles. The van der Waals surface area contributed by atoms with Crippen molar-refractivity contribution < 1.29 is 0 Å². The van der Waals surface area contributed by atoms with Crippen LogP contribution in [0.1, 0.15) is 0 Å². The van der Waals surface area contributed by atoms with E-state index in [1.165, 1.54) is 0 Å². The molecule has 0 aliphatic heterocycles. The van der Waals surface area contributed by atoms with Crippen LogP contribution >= 0.6 is 0 Å². The molecule has 0 saturated carbocycles. The van der Waals surface area contributed by atoms with Crippen LogP contribution in [0.2, 0.25) is 0 Å². The maximum absolute atomic E-state index is 4.43. The minimum atomic E-state index is 0.998. The van der Waals surface area contributed by atoms with Gasteiger partial charge in [0.25, 0.3) is 0 Å². The van der Waals surface area contributed by atoms with E-state index in [2.05, 4.69) is 22.2 Å². The fourth-order valence-corrected chi connectivity index (χ4v) is 1.56. The summed E-state index contributed by atoms with van der Waals surface area (Å²) < 4.78 is 1.84. The number of nitrogens with one attached hydrogen (secondary N) is 1. The molecule has 1 N–H and O–H groups in total. The minimum Gasteiger partial charge on any atom is -0.345 e. The average molecular weight is 183 g/mol. The highest BCUT2D eigenvalue weighted by Crippen LogP contribution is 2.17. The predicted molar refractivity (Wildman–Crippen MR) is 55.0 cm³/mol. The van der Waals surface area contributed by atoms with Crippen molar-refractivity contribution in [2.24, 2.45) is 0 Å². The molecule has 0 bridgehead atoms. The van der Waals surface area contributed by atoms with Crippen molar-refractivity contribution in [3.8, 4) is 11.3 Å². The number of aromatic amines is 1. The Bertz CT molecular complexity index is 519. The van der Waals surface area contributed by atoms with Crippen LogP contribution in [0.5, 0.6) is 0 Å². The van der Waals surface area contributed by atoms with Gasteiger partial charge in [0.15, 0.2) is 0 Å². The van der Waals surface area contributed by atoms with Crippen molar-refractivity contribution >= 4 is 5.65 Å². The number of H-pyrrole nitrogens is 1. The summed E-state index contributed by atoms with van der Waals surface area (Å²) >= 11 is 0. The second kappa shape index (κ2) is 2.73. The van der Waals surface area contributed by atoms with Gasteiger partial charge in [0, 0.05) is 24.0 Å². The van der Waals surface area contributed by atoms with Gasteiger partial charge in [0.1, 0.15) is 5.65 Å². The fraction of sp³-hybridized carbons (Fsp3) is 0. The Balaban J connectivity index is 2.19. The number of hydrogen-bond donors (Lipinski definition) is 1. The van der Waals surface area contributed by atoms with E-state index in [0.29, 0.717) is 0 Å². The van der Waals surface area contributed by atoms with Crippen LogP contribution in [0.25, 0.3) is 16.9 Å². The highest BCUT2D eigenvalue weighted by Gasteiger charge is 2.02. The highest BCUT2D eigenvalue weighted by molar-refractivity contribution is 5.63. The largest absolute Gasteiger partial charge is 0.345 e. The molecule has 2 aromatic heterocycles. The molecule has 2 heterocycles. The van der Waals surface area contributed by atoms with Crippen LogP contribution in [-0.2, 0) is 0 Å². The molecule has 68 valence electrons. The first-order valence-electron chi connectivity index (χ1n) is 4.52. The number of rotatable bonds is 1. The molecular formula is C11H9N3. The Morgan fingerprint density at radius 1 is 1.14 bits per heavy atom. The zero-order valence-corrected chi connectivity index (χ0v) is 7.51. The Kier molecular flexibility index (Phi) is 1.44. The molecule has 0 aliphatic rings. The molecule has 0 unspecified atom stereocenters. The average Bonchev–Trinajstić information content (AvgIpc) is 2.78. The molecule has 3 nitrogen and oxygen atoms in total. The number of hydrogen-bond acceptors (Lipinski definition) is 1. The highest BCUT2D eigenvalue weighted by atomic mass is 15.3. The predicted octanol–water partition coefficient (Wildman–Crippen LogP) is 2.33. The third-order valence-electron chi connectivity index (χ3n) is 2.25. The van der Waals surface area contributed by atoms with Crippen LogP contribution in [-0.4, -0.2) is 14.6 Å². The molecule has 0 fully saturated rings. The summed E-state index contributed by atoms with van der Waals surface area (Å²) in [4.78, 5) is 3.11. The van der Waals surface area contributed by atoms with Crippen molar-refractivity contribution in [3.63, 3.8) is 0 Å². The maximum atomic E-state index is 4.43. The Hall–Kier alpha value is -2.03. The Labute approximate surface area is 81.0 Å². The smallest absolute Gasteiger partial charge is 0.133 e. The summed E-state index contributed by atoms with van der Waals surface area (Å²) in [5.41, 5.74) is 3.16. The molecular weight excluding hydrogens is 174 g/mol. The standard InChI is InChI=1S/C11H9N3/c1-2-4-9(5-3-1)10-8-11-12-6-7-14(11)13-10/h1-8,12H. The van der Waals surface area contributed by atoms with Crippen molar-refractivity contribution in [1.29, 1.82) is 0 Å². The first-order chi connectivity index (χ1) is 6.93. The molecule has 0 amide bonds. The van der Waals surface area contributed by atoms with Crippen LogP contribution in [0.3, 0.4) is 0 Å². The minimum absolute atomic E-state index is 0.998. The van der Waals surface area contributed by atoms with E-state index in [1.807, 2.05) is 41.2 Å². The van der Waals surface area contributed by atoms with Gasteiger partial charge in [0.05, 0.1) is 5.69 Å². The van der Waals surface area contributed by atoms with Crippen molar-refractivity contribution in [3.05, 3.63) is 48.8 Å². The molecule has 0 atom stereocenters. The first kappa shape index (κ1) is 7.38. The summed E-state index contributed by atoms with van der Waals surface area (Å²) in [7, 11) is 0. The van der Waals surface area contributed by atoms with E-state index in [9.17, 15) is 0 Å². The van der Waals surface area contributed by atoms with Gasteiger partial charge in [-0.2, -0.15) is 5.10 Å². The zero-order chi connectivity index (χ0) is 9.38. The van der Waals surface area contributed by atoms with E-state index >= 15 is 0 Å². The number of nitrogens with zero attached hydrogens (tertiary/aromatic N) is 2. The summed E-state index contributed by atoms with van der Waals surface area (Å²) in [5, 5.41) is 4.43. The van der Waals surface area contributed by atoms with Gasteiger partial charge in [-0.05, 0) is 0 Å². The van der Waals surface area contributed by atoms with Crippen LogP contribution in [0.15, 0.2) is 48.8 Å². The van der Waals surface area contributed by atoms with E-state index in [0.717, 1.165) is 16.9 Å². The Morgan fingerprint density at radius 3 is 2.79 bits per heavy atom. The van der Waals surface area contributed by atoms with Crippen LogP contribution in [0.4, 0.5) is 0 Å². The molecule has 0 radical (unpaired) electrons. The molecule has 0 spiro atoms. The fourth-order valence-electron chi connectivity index (χ4n) is 1.56.